The standard InChI is InChI=1S/C14H23FN2/c1-14(2,11-16-3)17(4)10-9-12-7-5-6-8-13(12)15/h5-8,16H,9-11H2,1-4H3. The predicted octanol–water partition coefficient (Wildman–Crippen LogP) is 2.30. The van der Waals surface area contributed by atoms with Gasteiger partial charge in [-0.25, -0.2) is 4.39 Å². The highest BCUT2D eigenvalue weighted by molar-refractivity contribution is 5.17. The van der Waals surface area contributed by atoms with Crippen molar-refractivity contribution in [2.75, 3.05) is 27.2 Å². The summed E-state index contributed by atoms with van der Waals surface area (Å²) >= 11 is 0. The van der Waals surface area contributed by atoms with Gasteiger partial charge in [-0.2, -0.15) is 0 Å². The number of nitrogens with zero attached hydrogens (tertiary/aromatic N) is 1. The summed E-state index contributed by atoms with van der Waals surface area (Å²) in [6.07, 6.45) is 0.746. The van der Waals surface area contributed by atoms with Crippen LogP contribution in [0.3, 0.4) is 0 Å². The van der Waals surface area contributed by atoms with Gasteiger partial charge < -0.3 is 5.32 Å². The van der Waals surface area contributed by atoms with Crippen molar-refractivity contribution in [1.82, 2.24) is 10.2 Å². The molecule has 1 aromatic rings. The molecule has 0 fully saturated rings. The summed E-state index contributed by atoms with van der Waals surface area (Å²) in [6, 6.07) is 6.99. The summed E-state index contributed by atoms with van der Waals surface area (Å²) in [5.74, 6) is -0.104. The number of halogens is 1. The lowest BCUT2D eigenvalue weighted by molar-refractivity contribution is 0.157. The third-order valence-corrected chi connectivity index (χ3v) is 3.32. The highest BCUT2D eigenvalue weighted by atomic mass is 19.1. The third-order valence-electron chi connectivity index (χ3n) is 3.32. The smallest absolute Gasteiger partial charge is 0.126 e. The second-order valence-corrected chi connectivity index (χ2v) is 5.11. The van der Waals surface area contributed by atoms with Crippen LogP contribution in [0.1, 0.15) is 19.4 Å². The average Bonchev–Trinajstić information content (AvgIpc) is 2.27. The summed E-state index contributed by atoms with van der Waals surface area (Å²) < 4.78 is 13.5. The van der Waals surface area contributed by atoms with E-state index < -0.39 is 0 Å². The average molecular weight is 238 g/mol. The molecular weight excluding hydrogens is 215 g/mol. The molecular formula is C14H23FN2. The molecule has 0 saturated heterocycles. The van der Waals surface area contributed by atoms with Crippen molar-refractivity contribution >= 4 is 0 Å². The van der Waals surface area contributed by atoms with Crippen molar-refractivity contribution in [2.45, 2.75) is 25.8 Å². The zero-order valence-corrected chi connectivity index (χ0v) is 11.3. The van der Waals surface area contributed by atoms with Gasteiger partial charge in [0.25, 0.3) is 0 Å². The van der Waals surface area contributed by atoms with Crippen molar-refractivity contribution in [3.05, 3.63) is 35.6 Å². The van der Waals surface area contributed by atoms with Gasteiger partial charge in [-0.3, -0.25) is 4.90 Å². The fraction of sp³-hybridized carbons (Fsp3) is 0.571. The highest BCUT2D eigenvalue weighted by Crippen LogP contribution is 2.13. The number of nitrogens with one attached hydrogen (secondary N) is 1. The minimum atomic E-state index is -0.104. The van der Waals surface area contributed by atoms with Gasteiger partial charge in [0.1, 0.15) is 5.82 Å². The number of benzene rings is 1. The maximum absolute atomic E-state index is 13.5. The molecule has 1 N–H and O–H groups in total. The molecule has 0 heterocycles. The fourth-order valence-corrected chi connectivity index (χ4v) is 1.86. The van der Waals surface area contributed by atoms with Gasteiger partial charge in [0.15, 0.2) is 0 Å². The van der Waals surface area contributed by atoms with Gasteiger partial charge in [-0.15, -0.1) is 0 Å². The van der Waals surface area contributed by atoms with Crippen LogP contribution in [0.5, 0.6) is 0 Å². The Labute approximate surface area is 104 Å². The molecule has 0 aliphatic heterocycles. The van der Waals surface area contributed by atoms with Crippen molar-refractivity contribution in [1.29, 1.82) is 0 Å². The SMILES string of the molecule is CNCC(C)(C)N(C)CCc1ccccc1F. The first-order chi connectivity index (χ1) is 7.97. The van der Waals surface area contributed by atoms with Crippen LogP contribution in [-0.2, 0) is 6.42 Å². The van der Waals surface area contributed by atoms with Gasteiger partial charge >= 0.3 is 0 Å². The lowest BCUT2D eigenvalue weighted by atomic mass is 10.0. The maximum Gasteiger partial charge on any atom is 0.126 e. The van der Waals surface area contributed by atoms with Gasteiger partial charge in [-0.05, 0) is 46.0 Å². The molecule has 0 atom stereocenters. The van der Waals surface area contributed by atoms with Crippen molar-refractivity contribution < 1.29 is 4.39 Å². The monoisotopic (exact) mass is 238 g/mol. The lowest BCUT2D eigenvalue weighted by Crippen LogP contribution is -2.48. The van der Waals surface area contributed by atoms with Gasteiger partial charge in [0.05, 0.1) is 0 Å². The van der Waals surface area contributed by atoms with Gasteiger partial charge in [0, 0.05) is 18.6 Å². The second kappa shape index (κ2) is 6.12. The Bertz CT molecular complexity index is 350. The van der Waals surface area contributed by atoms with Crippen LogP contribution in [0.15, 0.2) is 24.3 Å². The van der Waals surface area contributed by atoms with E-state index in [1.807, 2.05) is 19.2 Å². The van der Waals surface area contributed by atoms with Crippen molar-refractivity contribution in [3.63, 3.8) is 0 Å². The van der Waals surface area contributed by atoms with E-state index >= 15 is 0 Å². The van der Waals surface area contributed by atoms with E-state index in [1.54, 1.807) is 6.07 Å². The van der Waals surface area contributed by atoms with Crippen molar-refractivity contribution in [2.24, 2.45) is 0 Å². The van der Waals surface area contributed by atoms with E-state index in [2.05, 4.69) is 31.1 Å². The molecule has 17 heavy (non-hydrogen) atoms. The molecule has 1 aromatic carbocycles. The van der Waals surface area contributed by atoms with Crippen LogP contribution in [0.25, 0.3) is 0 Å². The topological polar surface area (TPSA) is 15.3 Å². The normalized spacial score (nSPS) is 12.1. The Morgan fingerprint density at radius 1 is 1.29 bits per heavy atom. The number of likely N-dealkylation sites (N-methyl/N-ethyl adjacent to an activating group) is 2. The van der Waals surface area contributed by atoms with Gasteiger partial charge in [-0.1, -0.05) is 18.2 Å². The van der Waals surface area contributed by atoms with E-state index in [9.17, 15) is 4.39 Å². The Balaban J connectivity index is 2.54. The van der Waals surface area contributed by atoms with Crippen LogP contribution in [0.4, 0.5) is 4.39 Å². The van der Waals surface area contributed by atoms with E-state index in [0.717, 1.165) is 25.1 Å². The molecule has 96 valence electrons. The quantitative estimate of drug-likeness (QED) is 0.818. The summed E-state index contributed by atoms with van der Waals surface area (Å²) in [5, 5.41) is 3.18. The lowest BCUT2D eigenvalue weighted by Gasteiger charge is -2.35. The summed E-state index contributed by atoms with van der Waals surface area (Å²) in [5.41, 5.74) is 0.875. The minimum absolute atomic E-state index is 0.0833. The van der Waals surface area contributed by atoms with E-state index in [4.69, 9.17) is 0 Å². The van der Waals surface area contributed by atoms with Crippen molar-refractivity contribution in [3.8, 4) is 0 Å². The molecule has 3 heteroatoms. The molecule has 0 aliphatic carbocycles. The molecule has 0 spiro atoms. The Kier molecular flexibility index (Phi) is 5.09. The molecule has 0 amide bonds. The molecule has 2 nitrogen and oxygen atoms in total. The summed E-state index contributed by atoms with van der Waals surface area (Å²) in [6.45, 7) is 6.14. The summed E-state index contributed by atoms with van der Waals surface area (Å²) in [7, 11) is 4.03. The first-order valence-corrected chi connectivity index (χ1v) is 6.06. The fourth-order valence-electron chi connectivity index (χ4n) is 1.86. The molecule has 0 unspecified atom stereocenters. The summed E-state index contributed by atoms with van der Waals surface area (Å²) in [4.78, 5) is 2.26. The largest absolute Gasteiger partial charge is 0.318 e. The number of hydrogen-bond acceptors (Lipinski definition) is 2. The van der Waals surface area contributed by atoms with Crippen LogP contribution >= 0.6 is 0 Å². The first-order valence-electron chi connectivity index (χ1n) is 6.06. The molecule has 0 aromatic heterocycles. The van der Waals surface area contributed by atoms with E-state index in [0.29, 0.717) is 0 Å². The minimum Gasteiger partial charge on any atom is -0.318 e. The predicted molar refractivity (Wildman–Crippen MR) is 70.7 cm³/mol. The Hall–Kier alpha value is -0.930. The Morgan fingerprint density at radius 3 is 2.53 bits per heavy atom. The maximum atomic E-state index is 13.5. The molecule has 0 saturated carbocycles. The number of hydrogen-bond donors (Lipinski definition) is 1. The van der Waals surface area contributed by atoms with E-state index in [1.165, 1.54) is 6.07 Å². The van der Waals surface area contributed by atoms with Crippen LogP contribution in [0.2, 0.25) is 0 Å². The Morgan fingerprint density at radius 2 is 1.94 bits per heavy atom. The molecule has 1 rings (SSSR count). The molecule has 0 bridgehead atoms. The van der Waals surface area contributed by atoms with Crippen LogP contribution in [0, 0.1) is 5.82 Å². The molecule has 0 radical (unpaired) electrons. The third kappa shape index (κ3) is 4.10. The van der Waals surface area contributed by atoms with Crippen LogP contribution < -0.4 is 5.32 Å². The molecule has 0 aliphatic rings. The van der Waals surface area contributed by atoms with E-state index in [-0.39, 0.29) is 11.4 Å². The zero-order chi connectivity index (χ0) is 12.9. The first kappa shape index (κ1) is 14.1. The highest BCUT2D eigenvalue weighted by Gasteiger charge is 2.22. The number of rotatable bonds is 6. The van der Waals surface area contributed by atoms with Gasteiger partial charge in [0.2, 0.25) is 0 Å². The van der Waals surface area contributed by atoms with Crippen LogP contribution in [-0.4, -0.2) is 37.6 Å². The zero-order valence-electron chi connectivity index (χ0n) is 11.3. The second-order valence-electron chi connectivity index (χ2n) is 5.11.